The van der Waals surface area contributed by atoms with E-state index in [9.17, 15) is 9.59 Å². The molecule has 2 aromatic heterocycles. The summed E-state index contributed by atoms with van der Waals surface area (Å²) in [6.45, 7) is 6.59. The fraction of sp³-hybridized carbons (Fsp3) is 0.611. The smallest absolute Gasteiger partial charge is 0.274 e. The van der Waals surface area contributed by atoms with Crippen LogP contribution in [-0.2, 0) is 7.05 Å². The summed E-state index contributed by atoms with van der Waals surface area (Å²) in [6.07, 6.45) is 4.92. The molecule has 2 N–H and O–H groups in total. The van der Waals surface area contributed by atoms with Gasteiger partial charge >= 0.3 is 0 Å². The quantitative estimate of drug-likeness (QED) is 0.861. The van der Waals surface area contributed by atoms with E-state index < -0.39 is 0 Å². The zero-order valence-electron chi connectivity index (χ0n) is 15.3. The number of piperidine rings is 1. The first-order valence-corrected chi connectivity index (χ1v) is 9.10. The van der Waals surface area contributed by atoms with Gasteiger partial charge in [0, 0.05) is 31.9 Å². The fourth-order valence-corrected chi connectivity index (χ4v) is 3.79. The second kappa shape index (κ2) is 7.39. The number of carbonyl (C=O) groups excluding carboxylic acids is 1. The minimum absolute atomic E-state index is 0.211. The lowest BCUT2D eigenvalue weighted by Crippen LogP contribution is -2.43. The number of nitrogens with one attached hydrogen (secondary N) is 2. The van der Waals surface area contributed by atoms with Crippen LogP contribution in [0, 0.1) is 6.92 Å². The maximum Gasteiger partial charge on any atom is 0.274 e. The highest BCUT2D eigenvalue weighted by atomic mass is 16.2. The lowest BCUT2D eigenvalue weighted by atomic mass is 10.0. The summed E-state index contributed by atoms with van der Waals surface area (Å²) >= 11 is 0. The highest BCUT2D eigenvalue weighted by molar-refractivity contribution is 6.05. The molecule has 0 spiro atoms. The summed E-state index contributed by atoms with van der Waals surface area (Å²) in [5.41, 5.74) is 1.35. The Kier molecular flexibility index (Phi) is 5.22. The summed E-state index contributed by atoms with van der Waals surface area (Å²) < 4.78 is 1.56. The first-order valence-electron chi connectivity index (χ1n) is 9.10. The van der Waals surface area contributed by atoms with Crippen molar-refractivity contribution in [2.75, 3.05) is 19.6 Å². The molecule has 1 saturated heterocycles. The molecule has 0 aliphatic carbocycles. The van der Waals surface area contributed by atoms with Crippen molar-refractivity contribution in [3.8, 4) is 0 Å². The number of carbonyl (C=O) groups is 1. The number of aromatic amines is 1. The lowest BCUT2D eigenvalue weighted by molar-refractivity contribution is 0.0935. The fourth-order valence-electron chi connectivity index (χ4n) is 3.79. The third-order valence-electron chi connectivity index (χ3n) is 5.09. The number of hydrogen-bond donors (Lipinski definition) is 2. The lowest BCUT2D eigenvalue weighted by Gasteiger charge is -2.35. The molecule has 1 amide bonds. The molecule has 1 aliphatic rings. The largest absolute Gasteiger partial charge is 0.351 e. The molecule has 3 rings (SSSR count). The normalized spacial score (nSPS) is 18.6. The molecule has 1 unspecified atom stereocenters. The number of aryl methyl sites for hydroxylation is 2. The molecule has 2 aromatic rings. The van der Waals surface area contributed by atoms with E-state index in [1.807, 2.05) is 6.92 Å². The maximum absolute atomic E-state index is 12.6. The van der Waals surface area contributed by atoms with E-state index in [0.29, 0.717) is 34.9 Å². The third kappa shape index (κ3) is 3.61. The minimum atomic E-state index is -0.280. The van der Waals surface area contributed by atoms with E-state index in [1.54, 1.807) is 17.8 Å². The van der Waals surface area contributed by atoms with Gasteiger partial charge in [0.1, 0.15) is 0 Å². The zero-order chi connectivity index (χ0) is 18.0. The van der Waals surface area contributed by atoms with Gasteiger partial charge in [-0.05, 0) is 38.8 Å². The van der Waals surface area contributed by atoms with Gasteiger partial charge in [-0.1, -0.05) is 13.3 Å². The van der Waals surface area contributed by atoms with Crippen LogP contribution in [-0.4, -0.2) is 51.2 Å². The zero-order valence-corrected chi connectivity index (χ0v) is 15.3. The van der Waals surface area contributed by atoms with Crippen molar-refractivity contribution in [2.24, 2.45) is 7.05 Å². The molecule has 3 heterocycles. The van der Waals surface area contributed by atoms with Crippen LogP contribution in [0.1, 0.15) is 48.7 Å². The molecule has 25 heavy (non-hydrogen) atoms. The molecule has 0 aromatic carbocycles. The predicted octanol–water partition coefficient (Wildman–Crippen LogP) is 1.56. The molecule has 1 atom stereocenters. The molecule has 0 radical (unpaired) electrons. The summed E-state index contributed by atoms with van der Waals surface area (Å²) in [5.74, 6) is -0.211. The van der Waals surface area contributed by atoms with Crippen LogP contribution in [0.4, 0.5) is 0 Å². The van der Waals surface area contributed by atoms with Crippen molar-refractivity contribution in [1.82, 2.24) is 25.0 Å². The predicted molar refractivity (Wildman–Crippen MR) is 97.9 cm³/mol. The van der Waals surface area contributed by atoms with Crippen LogP contribution in [0.2, 0.25) is 0 Å². The Morgan fingerprint density at radius 2 is 2.24 bits per heavy atom. The van der Waals surface area contributed by atoms with Gasteiger partial charge in [0.25, 0.3) is 11.5 Å². The van der Waals surface area contributed by atoms with Crippen molar-refractivity contribution in [2.45, 2.75) is 45.6 Å². The Labute approximate surface area is 147 Å². The molecule has 0 bridgehead atoms. The van der Waals surface area contributed by atoms with Gasteiger partial charge in [-0.3, -0.25) is 24.3 Å². The Bertz CT molecular complexity index is 823. The van der Waals surface area contributed by atoms with E-state index in [2.05, 4.69) is 27.2 Å². The molecule has 7 nitrogen and oxygen atoms in total. The van der Waals surface area contributed by atoms with Crippen molar-refractivity contribution in [1.29, 1.82) is 0 Å². The van der Waals surface area contributed by atoms with E-state index >= 15 is 0 Å². The number of aromatic nitrogens is 3. The monoisotopic (exact) mass is 345 g/mol. The second-order valence-corrected chi connectivity index (χ2v) is 6.86. The maximum atomic E-state index is 12.6. The number of fused-ring (bicyclic) bond motifs is 1. The molecule has 7 heteroatoms. The number of hydrogen-bond acceptors (Lipinski definition) is 4. The van der Waals surface area contributed by atoms with Crippen molar-refractivity contribution in [3.05, 3.63) is 27.7 Å². The SMILES string of the molecule is CCC1CCCCN1CCNC(=O)c1cc(C)nc2c1c(=O)[nH]n2C. The van der Waals surface area contributed by atoms with Crippen LogP contribution in [0.15, 0.2) is 10.9 Å². The van der Waals surface area contributed by atoms with Gasteiger partial charge in [0.05, 0.1) is 10.9 Å². The summed E-state index contributed by atoms with van der Waals surface area (Å²) in [7, 11) is 1.72. The van der Waals surface area contributed by atoms with Crippen LogP contribution in [0.3, 0.4) is 0 Å². The van der Waals surface area contributed by atoms with E-state index in [-0.39, 0.29) is 11.5 Å². The number of amides is 1. The average Bonchev–Trinajstić information content (AvgIpc) is 2.88. The van der Waals surface area contributed by atoms with Crippen LogP contribution < -0.4 is 10.9 Å². The van der Waals surface area contributed by atoms with Crippen molar-refractivity contribution in [3.63, 3.8) is 0 Å². The Morgan fingerprint density at radius 1 is 1.44 bits per heavy atom. The number of pyridine rings is 1. The number of nitrogens with zero attached hydrogens (tertiary/aromatic N) is 3. The van der Waals surface area contributed by atoms with Crippen molar-refractivity contribution < 1.29 is 4.79 Å². The van der Waals surface area contributed by atoms with Gasteiger partial charge in [-0.2, -0.15) is 0 Å². The minimum Gasteiger partial charge on any atom is -0.351 e. The molecule has 1 fully saturated rings. The van der Waals surface area contributed by atoms with E-state index in [1.165, 1.54) is 19.3 Å². The number of H-pyrrole nitrogens is 1. The van der Waals surface area contributed by atoms with E-state index in [4.69, 9.17) is 0 Å². The van der Waals surface area contributed by atoms with Gasteiger partial charge in [0.15, 0.2) is 5.65 Å². The Balaban J connectivity index is 1.71. The second-order valence-electron chi connectivity index (χ2n) is 6.86. The molecule has 136 valence electrons. The highest BCUT2D eigenvalue weighted by Gasteiger charge is 2.21. The van der Waals surface area contributed by atoms with Gasteiger partial charge in [-0.15, -0.1) is 0 Å². The van der Waals surface area contributed by atoms with Gasteiger partial charge in [0.2, 0.25) is 0 Å². The molecular weight excluding hydrogens is 318 g/mol. The first-order chi connectivity index (χ1) is 12.0. The Hall–Kier alpha value is -2.15. The molecule has 0 saturated carbocycles. The van der Waals surface area contributed by atoms with E-state index in [0.717, 1.165) is 19.5 Å². The van der Waals surface area contributed by atoms with Crippen LogP contribution in [0.25, 0.3) is 11.0 Å². The molecular formula is C18H27N5O2. The topological polar surface area (TPSA) is 83.0 Å². The number of rotatable bonds is 5. The third-order valence-corrected chi connectivity index (χ3v) is 5.09. The average molecular weight is 345 g/mol. The van der Waals surface area contributed by atoms with Crippen molar-refractivity contribution >= 4 is 16.9 Å². The standard InChI is InChI=1S/C18H27N5O2/c1-4-13-7-5-6-9-23(13)10-8-19-17(24)14-11-12(2)20-16-15(14)18(25)21-22(16)3/h11,13H,4-10H2,1-3H3,(H,19,24)(H,21,25). The molecule has 1 aliphatic heterocycles. The first kappa shape index (κ1) is 17.7. The van der Waals surface area contributed by atoms with Crippen LogP contribution in [0.5, 0.6) is 0 Å². The summed E-state index contributed by atoms with van der Waals surface area (Å²) in [4.78, 5) is 31.6. The Morgan fingerprint density at radius 3 is 3.00 bits per heavy atom. The van der Waals surface area contributed by atoms with Gasteiger partial charge < -0.3 is 5.32 Å². The highest BCUT2D eigenvalue weighted by Crippen LogP contribution is 2.19. The number of likely N-dealkylation sites (tertiary alicyclic amines) is 1. The van der Waals surface area contributed by atoms with Gasteiger partial charge in [-0.25, -0.2) is 4.98 Å². The summed E-state index contributed by atoms with van der Waals surface area (Å²) in [6, 6.07) is 2.31. The summed E-state index contributed by atoms with van der Waals surface area (Å²) in [5, 5.41) is 6.00. The van der Waals surface area contributed by atoms with Crippen LogP contribution >= 0.6 is 0 Å².